The lowest BCUT2D eigenvalue weighted by molar-refractivity contribution is 0.109. The van der Waals surface area contributed by atoms with Crippen molar-refractivity contribution in [3.05, 3.63) is 54.1 Å². The molecule has 2 aromatic carbocycles. The van der Waals surface area contributed by atoms with E-state index in [1.165, 1.54) is 4.90 Å². The molecule has 0 radical (unpaired) electrons. The predicted octanol–water partition coefficient (Wildman–Crippen LogP) is 3.10. The quantitative estimate of drug-likeness (QED) is 0.650. The average Bonchev–Trinajstić information content (AvgIpc) is 2.46. The van der Waals surface area contributed by atoms with Crippen molar-refractivity contribution in [1.82, 2.24) is 0 Å². The lowest BCUT2D eigenvalue weighted by Gasteiger charge is -2.14. The molecule has 19 heavy (non-hydrogen) atoms. The molecule has 0 heterocycles. The van der Waals surface area contributed by atoms with Crippen LogP contribution in [0.4, 0.5) is 5.69 Å². The summed E-state index contributed by atoms with van der Waals surface area (Å²) in [5, 5.41) is 10.1. The molecule has 1 atom stereocenters. The van der Waals surface area contributed by atoms with E-state index in [4.69, 9.17) is 10.5 Å². The molecule has 3 nitrogen and oxygen atoms in total. The highest BCUT2D eigenvalue weighted by molar-refractivity contribution is 7.98. The Hall–Kier alpha value is -1.65. The molecule has 0 aliphatic rings. The Morgan fingerprint density at radius 1 is 1.16 bits per heavy atom. The second-order valence-corrected chi connectivity index (χ2v) is 5.01. The molecule has 0 aliphatic carbocycles. The van der Waals surface area contributed by atoms with Crippen LogP contribution in [0.25, 0.3) is 0 Å². The normalized spacial score (nSPS) is 12.1. The summed E-state index contributed by atoms with van der Waals surface area (Å²) in [6.07, 6.45) is 1.30. The second kappa shape index (κ2) is 6.50. The fourth-order valence-electron chi connectivity index (χ4n) is 1.75. The van der Waals surface area contributed by atoms with Gasteiger partial charge < -0.3 is 15.6 Å². The van der Waals surface area contributed by atoms with Gasteiger partial charge in [0.25, 0.3) is 0 Å². The minimum absolute atomic E-state index is 0.187. The van der Waals surface area contributed by atoms with Crippen molar-refractivity contribution < 1.29 is 9.84 Å². The number of ether oxygens (including phenoxy) is 1. The highest BCUT2D eigenvalue weighted by atomic mass is 32.2. The van der Waals surface area contributed by atoms with E-state index in [0.29, 0.717) is 11.3 Å². The highest BCUT2D eigenvalue weighted by Crippen LogP contribution is 2.23. The standard InChI is InChI=1S/C15H17NO2S/c1-19-12-8-6-11(7-9-12)18-10-15(17)13-4-2-3-5-14(13)16/h2-9,15,17H,10,16H2,1H3. The highest BCUT2D eigenvalue weighted by Gasteiger charge is 2.11. The van der Waals surface area contributed by atoms with Gasteiger partial charge in [0.05, 0.1) is 0 Å². The molecule has 1 unspecified atom stereocenters. The number of nitrogen functional groups attached to an aromatic ring is 1. The minimum Gasteiger partial charge on any atom is -0.491 e. The first-order valence-electron chi connectivity index (χ1n) is 6.00. The van der Waals surface area contributed by atoms with Crippen molar-refractivity contribution in [3.8, 4) is 5.75 Å². The third-order valence-corrected chi connectivity index (χ3v) is 3.57. The monoisotopic (exact) mass is 275 g/mol. The van der Waals surface area contributed by atoms with E-state index in [2.05, 4.69) is 0 Å². The number of rotatable bonds is 5. The Kier molecular flexibility index (Phi) is 4.71. The number of benzene rings is 2. The molecule has 0 saturated carbocycles. The summed E-state index contributed by atoms with van der Waals surface area (Å²) in [6.45, 7) is 0.187. The number of thioether (sulfide) groups is 1. The molecule has 3 N–H and O–H groups in total. The van der Waals surface area contributed by atoms with E-state index in [1.54, 1.807) is 23.9 Å². The van der Waals surface area contributed by atoms with Crippen molar-refractivity contribution in [2.24, 2.45) is 0 Å². The zero-order valence-corrected chi connectivity index (χ0v) is 11.6. The van der Waals surface area contributed by atoms with Gasteiger partial charge in [-0.15, -0.1) is 11.8 Å². The second-order valence-electron chi connectivity index (χ2n) is 4.13. The summed E-state index contributed by atoms with van der Waals surface area (Å²) in [5.74, 6) is 0.742. The molecule has 0 aliphatic heterocycles. The zero-order chi connectivity index (χ0) is 13.7. The largest absolute Gasteiger partial charge is 0.491 e. The number of aliphatic hydroxyl groups is 1. The van der Waals surface area contributed by atoms with E-state index < -0.39 is 6.10 Å². The van der Waals surface area contributed by atoms with Crippen LogP contribution in [-0.2, 0) is 0 Å². The van der Waals surface area contributed by atoms with Crippen LogP contribution in [-0.4, -0.2) is 18.0 Å². The number of para-hydroxylation sites is 1. The van der Waals surface area contributed by atoms with Crippen molar-refractivity contribution in [3.63, 3.8) is 0 Å². The Morgan fingerprint density at radius 3 is 2.47 bits per heavy atom. The number of aliphatic hydroxyl groups excluding tert-OH is 1. The summed E-state index contributed by atoms with van der Waals surface area (Å²) in [5.41, 5.74) is 7.09. The van der Waals surface area contributed by atoms with E-state index in [1.807, 2.05) is 42.7 Å². The van der Waals surface area contributed by atoms with Crippen LogP contribution in [0.1, 0.15) is 11.7 Å². The van der Waals surface area contributed by atoms with Crippen LogP contribution in [0.5, 0.6) is 5.75 Å². The summed E-state index contributed by atoms with van der Waals surface area (Å²) in [6, 6.07) is 15.0. The summed E-state index contributed by atoms with van der Waals surface area (Å²) in [7, 11) is 0. The van der Waals surface area contributed by atoms with Gasteiger partial charge >= 0.3 is 0 Å². The first-order valence-corrected chi connectivity index (χ1v) is 7.22. The molecule has 100 valence electrons. The zero-order valence-electron chi connectivity index (χ0n) is 10.7. The van der Waals surface area contributed by atoms with Gasteiger partial charge in [-0.05, 0) is 36.6 Å². The SMILES string of the molecule is CSc1ccc(OCC(O)c2ccccc2N)cc1. The van der Waals surface area contributed by atoms with E-state index >= 15 is 0 Å². The fraction of sp³-hybridized carbons (Fsp3) is 0.200. The van der Waals surface area contributed by atoms with Gasteiger partial charge in [0.15, 0.2) is 0 Å². The Morgan fingerprint density at radius 2 is 1.84 bits per heavy atom. The molecule has 0 spiro atoms. The van der Waals surface area contributed by atoms with Crippen molar-refractivity contribution in [2.75, 3.05) is 18.6 Å². The van der Waals surface area contributed by atoms with Crippen LogP contribution in [0.3, 0.4) is 0 Å². The first kappa shape index (κ1) is 13.8. The molecule has 0 saturated heterocycles. The third-order valence-electron chi connectivity index (χ3n) is 2.82. The van der Waals surface area contributed by atoms with Crippen molar-refractivity contribution >= 4 is 17.4 Å². The summed E-state index contributed by atoms with van der Waals surface area (Å²) >= 11 is 1.68. The lowest BCUT2D eigenvalue weighted by atomic mass is 10.1. The fourth-order valence-corrected chi connectivity index (χ4v) is 2.16. The lowest BCUT2D eigenvalue weighted by Crippen LogP contribution is -2.11. The molecule has 0 amide bonds. The predicted molar refractivity (Wildman–Crippen MR) is 79.5 cm³/mol. The summed E-state index contributed by atoms with van der Waals surface area (Å²) < 4.78 is 5.56. The molecule has 4 heteroatoms. The number of anilines is 1. The molecule has 0 aromatic heterocycles. The molecular weight excluding hydrogens is 258 g/mol. The van der Waals surface area contributed by atoms with E-state index in [9.17, 15) is 5.11 Å². The smallest absolute Gasteiger partial charge is 0.119 e. The topological polar surface area (TPSA) is 55.5 Å². The van der Waals surface area contributed by atoms with Gasteiger partial charge in [-0.3, -0.25) is 0 Å². The molecule has 2 rings (SSSR count). The van der Waals surface area contributed by atoms with Crippen LogP contribution < -0.4 is 10.5 Å². The number of nitrogens with two attached hydrogens (primary N) is 1. The summed E-state index contributed by atoms with van der Waals surface area (Å²) in [4.78, 5) is 1.18. The number of hydrogen-bond donors (Lipinski definition) is 2. The molecule has 0 bridgehead atoms. The Bertz CT molecular complexity index is 528. The third kappa shape index (κ3) is 3.66. The Balaban J connectivity index is 1.96. The number of hydrogen-bond acceptors (Lipinski definition) is 4. The van der Waals surface area contributed by atoms with Gasteiger partial charge in [0, 0.05) is 16.1 Å². The average molecular weight is 275 g/mol. The van der Waals surface area contributed by atoms with Crippen molar-refractivity contribution in [2.45, 2.75) is 11.0 Å². The van der Waals surface area contributed by atoms with Gasteiger partial charge in [-0.2, -0.15) is 0 Å². The van der Waals surface area contributed by atoms with Crippen molar-refractivity contribution in [1.29, 1.82) is 0 Å². The van der Waals surface area contributed by atoms with Crippen LogP contribution in [0, 0.1) is 0 Å². The minimum atomic E-state index is -0.721. The molecule has 0 fully saturated rings. The van der Waals surface area contributed by atoms with Crippen LogP contribution >= 0.6 is 11.8 Å². The van der Waals surface area contributed by atoms with Gasteiger partial charge in [-0.1, -0.05) is 18.2 Å². The Labute approximate surface area is 117 Å². The maximum absolute atomic E-state index is 10.1. The van der Waals surface area contributed by atoms with Crippen LogP contribution in [0.2, 0.25) is 0 Å². The first-order chi connectivity index (χ1) is 9.20. The van der Waals surface area contributed by atoms with Gasteiger partial charge in [0.2, 0.25) is 0 Å². The van der Waals surface area contributed by atoms with Gasteiger partial charge in [-0.25, -0.2) is 0 Å². The van der Waals surface area contributed by atoms with Crippen LogP contribution in [0.15, 0.2) is 53.4 Å². The van der Waals surface area contributed by atoms with Gasteiger partial charge in [0.1, 0.15) is 18.5 Å². The maximum atomic E-state index is 10.1. The van der Waals surface area contributed by atoms with E-state index in [0.717, 1.165) is 5.75 Å². The maximum Gasteiger partial charge on any atom is 0.119 e. The van der Waals surface area contributed by atoms with E-state index in [-0.39, 0.29) is 6.61 Å². The molecular formula is C15H17NO2S. The molecule has 2 aromatic rings.